The number of benzene rings is 1. The summed E-state index contributed by atoms with van der Waals surface area (Å²) in [7, 11) is 0. The van der Waals surface area contributed by atoms with E-state index in [2.05, 4.69) is 4.90 Å². The van der Waals surface area contributed by atoms with Gasteiger partial charge in [0.2, 0.25) is 0 Å². The van der Waals surface area contributed by atoms with Gasteiger partial charge in [-0.2, -0.15) is 0 Å². The Bertz CT molecular complexity index is 448. The molecule has 1 aromatic carbocycles. The lowest BCUT2D eigenvalue weighted by atomic mass is 10.1. The van der Waals surface area contributed by atoms with E-state index in [0.29, 0.717) is 0 Å². The van der Waals surface area contributed by atoms with Crippen LogP contribution >= 0.6 is 0 Å². The molecule has 4 nitrogen and oxygen atoms in total. The Morgan fingerprint density at radius 1 is 1.32 bits per heavy atom. The van der Waals surface area contributed by atoms with Gasteiger partial charge in [0.25, 0.3) is 0 Å². The number of nitrogens with two attached hydrogens (primary N) is 1. The molecule has 104 valence electrons. The van der Waals surface area contributed by atoms with Crippen LogP contribution in [0, 0.1) is 0 Å². The highest BCUT2D eigenvalue weighted by Crippen LogP contribution is 2.27. The first-order valence-corrected chi connectivity index (χ1v) is 6.72. The molecule has 0 spiro atoms. The van der Waals surface area contributed by atoms with Crippen LogP contribution in [0.3, 0.4) is 0 Å². The third-order valence-electron chi connectivity index (χ3n) is 3.16. The van der Waals surface area contributed by atoms with Crippen molar-refractivity contribution in [3.05, 3.63) is 24.3 Å². The van der Waals surface area contributed by atoms with Crippen molar-refractivity contribution in [1.82, 2.24) is 0 Å². The first-order valence-electron chi connectivity index (χ1n) is 6.72. The molecule has 0 amide bonds. The standard InChI is InChI=1S/C15H22N2O2/c1-15(2,3)19-14(18)13-5-4-10-17(13)12-8-6-11(16)7-9-12/h6-9,13H,4-5,10,16H2,1-3H3. The summed E-state index contributed by atoms with van der Waals surface area (Å²) in [4.78, 5) is 14.3. The van der Waals surface area contributed by atoms with Crippen LogP contribution in [-0.2, 0) is 9.53 Å². The molecule has 1 saturated heterocycles. The number of carbonyl (C=O) groups is 1. The highest BCUT2D eigenvalue weighted by molar-refractivity contribution is 5.81. The maximum absolute atomic E-state index is 12.2. The van der Waals surface area contributed by atoms with Crippen LogP contribution in [0.1, 0.15) is 33.6 Å². The second kappa shape index (κ2) is 5.11. The average molecular weight is 262 g/mol. The summed E-state index contributed by atoms with van der Waals surface area (Å²) >= 11 is 0. The van der Waals surface area contributed by atoms with E-state index in [1.807, 2.05) is 45.0 Å². The molecule has 1 unspecified atom stereocenters. The summed E-state index contributed by atoms with van der Waals surface area (Å²) in [6.45, 7) is 6.57. The van der Waals surface area contributed by atoms with Crippen molar-refractivity contribution in [2.24, 2.45) is 0 Å². The lowest BCUT2D eigenvalue weighted by molar-refractivity contribution is -0.156. The van der Waals surface area contributed by atoms with Crippen molar-refractivity contribution in [1.29, 1.82) is 0 Å². The number of nitrogen functional groups attached to an aromatic ring is 1. The van der Waals surface area contributed by atoms with Gasteiger partial charge in [0.15, 0.2) is 0 Å². The molecule has 0 bridgehead atoms. The molecule has 0 saturated carbocycles. The van der Waals surface area contributed by atoms with Gasteiger partial charge in [-0.15, -0.1) is 0 Å². The Balaban J connectivity index is 2.12. The van der Waals surface area contributed by atoms with E-state index in [4.69, 9.17) is 10.5 Å². The summed E-state index contributed by atoms with van der Waals surface area (Å²) in [5, 5.41) is 0. The number of hydrogen-bond donors (Lipinski definition) is 1. The Morgan fingerprint density at radius 2 is 1.95 bits per heavy atom. The van der Waals surface area contributed by atoms with Crippen molar-refractivity contribution in [3.8, 4) is 0 Å². The van der Waals surface area contributed by atoms with E-state index in [0.717, 1.165) is 30.8 Å². The number of nitrogens with zero attached hydrogens (tertiary/aromatic N) is 1. The summed E-state index contributed by atoms with van der Waals surface area (Å²) in [6, 6.07) is 7.46. The molecule has 2 N–H and O–H groups in total. The van der Waals surface area contributed by atoms with Gasteiger partial charge in [0.05, 0.1) is 0 Å². The first kappa shape index (κ1) is 13.7. The number of rotatable bonds is 2. The minimum atomic E-state index is -0.438. The second-order valence-corrected chi connectivity index (χ2v) is 5.98. The number of ether oxygens (including phenoxy) is 1. The van der Waals surface area contributed by atoms with Crippen LogP contribution in [0.15, 0.2) is 24.3 Å². The molecule has 1 aromatic rings. The van der Waals surface area contributed by atoms with Crippen LogP contribution in [0.25, 0.3) is 0 Å². The smallest absolute Gasteiger partial charge is 0.329 e. The van der Waals surface area contributed by atoms with Gasteiger partial charge >= 0.3 is 5.97 Å². The zero-order valence-electron chi connectivity index (χ0n) is 11.8. The van der Waals surface area contributed by atoms with Crippen LogP contribution in [0.2, 0.25) is 0 Å². The molecule has 0 aromatic heterocycles. The largest absolute Gasteiger partial charge is 0.458 e. The normalized spacial score (nSPS) is 19.5. The van der Waals surface area contributed by atoms with Gasteiger partial charge in [0, 0.05) is 17.9 Å². The van der Waals surface area contributed by atoms with Crippen LogP contribution in [-0.4, -0.2) is 24.2 Å². The summed E-state index contributed by atoms with van der Waals surface area (Å²) in [5.41, 5.74) is 7.02. The highest BCUT2D eigenvalue weighted by Gasteiger charge is 2.34. The lowest BCUT2D eigenvalue weighted by Gasteiger charge is -2.28. The maximum Gasteiger partial charge on any atom is 0.329 e. The Kier molecular flexibility index (Phi) is 3.69. The van der Waals surface area contributed by atoms with E-state index in [-0.39, 0.29) is 12.0 Å². The van der Waals surface area contributed by atoms with E-state index in [1.54, 1.807) is 0 Å². The van der Waals surface area contributed by atoms with Crippen LogP contribution in [0.4, 0.5) is 11.4 Å². The van der Waals surface area contributed by atoms with Gasteiger partial charge in [-0.3, -0.25) is 0 Å². The van der Waals surface area contributed by atoms with Crippen molar-refractivity contribution in [2.75, 3.05) is 17.2 Å². The topological polar surface area (TPSA) is 55.6 Å². The fraction of sp³-hybridized carbons (Fsp3) is 0.533. The van der Waals surface area contributed by atoms with E-state index in [1.165, 1.54) is 0 Å². The van der Waals surface area contributed by atoms with Crippen LogP contribution < -0.4 is 10.6 Å². The van der Waals surface area contributed by atoms with Gasteiger partial charge < -0.3 is 15.4 Å². The Morgan fingerprint density at radius 3 is 2.53 bits per heavy atom. The lowest BCUT2D eigenvalue weighted by Crippen LogP contribution is -2.40. The van der Waals surface area contributed by atoms with Gasteiger partial charge in [0.1, 0.15) is 11.6 Å². The molecule has 1 aliphatic rings. The van der Waals surface area contributed by atoms with Crippen molar-refractivity contribution in [3.63, 3.8) is 0 Å². The summed E-state index contributed by atoms with van der Waals surface area (Å²) in [6.07, 6.45) is 1.85. The molecule has 1 fully saturated rings. The van der Waals surface area contributed by atoms with Crippen molar-refractivity contribution in [2.45, 2.75) is 45.3 Å². The average Bonchev–Trinajstić information content (AvgIpc) is 2.76. The Labute approximate surface area is 114 Å². The third-order valence-corrected chi connectivity index (χ3v) is 3.16. The Hall–Kier alpha value is -1.71. The molecule has 1 heterocycles. The fourth-order valence-corrected chi connectivity index (χ4v) is 2.36. The number of esters is 1. The predicted octanol–water partition coefficient (Wildman–Crippen LogP) is 2.58. The van der Waals surface area contributed by atoms with Gasteiger partial charge in [-0.1, -0.05) is 0 Å². The molecule has 0 radical (unpaired) electrons. The van der Waals surface area contributed by atoms with E-state index >= 15 is 0 Å². The molecular weight excluding hydrogens is 240 g/mol. The summed E-state index contributed by atoms with van der Waals surface area (Å²) < 4.78 is 5.49. The molecule has 0 aliphatic carbocycles. The minimum absolute atomic E-state index is 0.137. The zero-order valence-corrected chi connectivity index (χ0v) is 11.8. The molecule has 4 heteroatoms. The molecule has 1 atom stereocenters. The van der Waals surface area contributed by atoms with Crippen LogP contribution in [0.5, 0.6) is 0 Å². The fourth-order valence-electron chi connectivity index (χ4n) is 2.36. The number of anilines is 2. The molecule has 19 heavy (non-hydrogen) atoms. The van der Waals surface area contributed by atoms with Crippen molar-refractivity contribution >= 4 is 17.3 Å². The van der Waals surface area contributed by atoms with Crippen molar-refractivity contribution < 1.29 is 9.53 Å². The third kappa shape index (κ3) is 3.40. The summed E-state index contributed by atoms with van der Waals surface area (Å²) in [5.74, 6) is -0.137. The number of carbonyl (C=O) groups excluding carboxylic acids is 1. The quantitative estimate of drug-likeness (QED) is 0.657. The first-order chi connectivity index (χ1) is 8.87. The molecular formula is C15H22N2O2. The number of hydrogen-bond acceptors (Lipinski definition) is 4. The van der Waals surface area contributed by atoms with Gasteiger partial charge in [-0.25, -0.2) is 4.79 Å². The monoisotopic (exact) mass is 262 g/mol. The second-order valence-electron chi connectivity index (χ2n) is 5.98. The minimum Gasteiger partial charge on any atom is -0.458 e. The molecule has 1 aliphatic heterocycles. The highest BCUT2D eigenvalue weighted by atomic mass is 16.6. The van der Waals surface area contributed by atoms with E-state index in [9.17, 15) is 4.79 Å². The zero-order chi connectivity index (χ0) is 14.0. The maximum atomic E-state index is 12.2. The predicted molar refractivity (Wildman–Crippen MR) is 77.1 cm³/mol. The van der Waals surface area contributed by atoms with E-state index < -0.39 is 5.60 Å². The molecule has 2 rings (SSSR count). The SMILES string of the molecule is CC(C)(C)OC(=O)C1CCCN1c1ccc(N)cc1. The van der Waals surface area contributed by atoms with Gasteiger partial charge in [-0.05, 0) is 57.9 Å².